The number of esters is 1. The van der Waals surface area contributed by atoms with Gasteiger partial charge in [-0.25, -0.2) is 9.59 Å². The molecule has 2 aromatic carbocycles. The first kappa shape index (κ1) is 24.8. The van der Waals surface area contributed by atoms with E-state index in [2.05, 4.69) is 5.32 Å². The largest absolute Gasteiger partial charge is 0.460 e. The van der Waals surface area contributed by atoms with Crippen molar-refractivity contribution in [1.29, 1.82) is 0 Å². The van der Waals surface area contributed by atoms with Crippen LogP contribution in [0, 0.1) is 5.92 Å². The van der Waals surface area contributed by atoms with Crippen molar-refractivity contribution in [1.82, 2.24) is 5.32 Å². The molecule has 1 N–H and O–H groups in total. The highest BCUT2D eigenvalue weighted by atomic mass is 16.6. The predicted octanol–water partition coefficient (Wildman–Crippen LogP) is 5.43. The molecular formula is C26H29NO7. The molecule has 3 rings (SSSR count). The molecular weight excluding hydrogens is 438 g/mol. The van der Waals surface area contributed by atoms with Crippen LogP contribution in [-0.4, -0.2) is 23.7 Å². The van der Waals surface area contributed by atoms with E-state index in [1.54, 1.807) is 45.0 Å². The second-order valence-electron chi connectivity index (χ2n) is 9.25. The van der Waals surface area contributed by atoms with Gasteiger partial charge in [0.1, 0.15) is 35.0 Å². The van der Waals surface area contributed by atoms with Gasteiger partial charge in [0.15, 0.2) is 0 Å². The lowest BCUT2D eigenvalue weighted by molar-refractivity contribution is -0.137. The second-order valence-corrected chi connectivity index (χ2v) is 9.25. The van der Waals surface area contributed by atoms with Crippen LogP contribution in [0.4, 0.5) is 4.79 Å². The van der Waals surface area contributed by atoms with E-state index in [-0.39, 0.29) is 33.8 Å². The van der Waals surface area contributed by atoms with Crippen LogP contribution >= 0.6 is 0 Å². The van der Waals surface area contributed by atoms with Crippen LogP contribution in [0.25, 0.3) is 11.0 Å². The van der Waals surface area contributed by atoms with Gasteiger partial charge in [0.05, 0.1) is 5.39 Å². The lowest BCUT2D eigenvalue weighted by atomic mass is 10.0. The SMILES string of the molecule is CC(C)CC(NC(=O)OC(C)(C)C)C(=O)Oc1ccc2c(=O)c(Oc3ccccc3)coc2c1. The fraction of sp³-hybridized carbons (Fsp3) is 0.346. The summed E-state index contributed by atoms with van der Waals surface area (Å²) in [4.78, 5) is 37.8. The Morgan fingerprint density at radius 1 is 1.03 bits per heavy atom. The Morgan fingerprint density at radius 3 is 2.38 bits per heavy atom. The molecule has 0 spiro atoms. The first-order chi connectivity index (χ1) is 16.0. The van der Waals surface area contributed by atoms with Gasteiger partial charge in [-0.15, -0.1) is 0 Å². The minimum atomic E-state index is -0.904. The number of hydrogen-bond acceptors (Lipinski definition) is 7. The molecule has 8 nitrogen and oxygen atoms in total. The van der Waals surface area contributed by atoms with Crippen molar-refractivity contribution in [2.24, 2.45) is 5.92 Å². The summed E-state index contributed by atoms with van der Waals surface area (Å²) in [6, 6.07) is 12.4. The topological polar surface area (TPSA) is 104 Å². The number of nitrogens with one attached hydrogen (secondary N) is 1. The predicted molar refractivity (Wildman–Crippen MR) is 127 cm³/mol. The zero-order chi connectivity index (χ0) is 24.9. The first-order valence-electron chi connectivity index (χ1n) is 11.0. The van der Waals surface area contributed by atoms with Gasteiger partial charge in [0.2, 0.25) is 11.2 Å². The van der Waals surface area contributed by atoms with E-state index in [1.807, 2.05) is 19.9 Å². The number of alkyl carbamates (subject to hydrolysis) is 1. The average molecular weight is 468 g/mol. The summed E-state index contributed by atoms with van der Waals surface area (Å²) >= 11 is 0. The van der Waals surface area contributed by atoms with Gasteiger partial charge >= 0.3 is 12.1 Å². The molecule has 1 heterocycles. The number of ether oxygens (including phenoxy) is 3. The summed E-state index contributed by atoms with van der Waals surface area (Å²) in [5.74, 6) is 0.197. The number of rotatable bonds is 7. The number of carbonyl (C=O) groups excluding carboxylic acids is 2. The fourth-order valence-corrected chi connectivity index (χ4v) is 3.16. The molecule has 0 bridgehead atoms. The molecule has 0 saturated heterocycles. The van der Waals surface area contributed by atoms with Gasteiger partial charge in [0, 0.05) is 6.07 Å². The third kappa shape index (κ3) is 6.84. The molecule has 8 heteroatoms. The molecule has 0 radical (unpaired) electrons. The molecule has 1 aromatic heterocycles. The molecule has 34 heavy (non-hydrogen) atoms. The Labute approximate surface area is 197 Å². The number of fused-ring (bicyclic) bond motifs is 1. The fourth-order valence-electron chi connectivity index (χ4n) is 3.16. The van der Waals surface area contributed by atoms with Crippen molar-refractivity contribution in [3.05, 3.63) is 65.0 Å². The molecule has 0 aliphatic rings. The van der Waals surface area contributed by atoms with Crippen LogP contribution in [0.5, 0.6) is 17.2 Å². The molecule has 1 unspecified atom stereocenters. The number of para-hydroxylation sites is 1. The van der Waals surface area contributed by atoms with Crippen LogP contribution in [0.1, 0.15) is 41.0 Å². The number of benzene rings is 2. The Hall–Kier alpha value is -3.81. The third-order valence-electron chi connectivity index (χ3n) is 4.59. The summed E-state index contributed by atoms with van der Waals surface area (Å²) in [6.07, 6.45) is 0.876. The van der Waals surface area contributed by atoms with Crippen molar-refractivity contribution in [2.75, 3.05) is 0 Å². The number of carbonyl (C=O) groups is 2. The van der Waals surface area contributed by atoms with Crippen molar-refractivity contribution in [3.8, 4) is 17.2 Å². The molecule has 0 fully saturated rings. The van der Waals surface area contributed by atoms with Crippen molar-refractivity contribution in [3.63, 3.8) is 0 Å². The maximum Gasteiger partial charge on any atom is 0.408 e. The summed E-state index contributed by atoms with van der Waals surface area (Å²) < 4.78 is 21.9. The van der Waals surface area contributed by atoms with Crippen LogP contribution in [0.15, 0.2) is 64.0 Å². The van der Waals surface area contributed by atoms with E-state index < -0.39 is 23.7 Å². The quantitative estimate of drug-likeness (QED) is 0.365. The molecule has 0 aliphatic heterocycles. The first-order valence-corrected chi connectivity index (χ1v) is 11.0. The Bertz CT molecular complexity index is 1210. The van der Waals surface area contributed by atoms with E-state index in [0.717, 1.165) is 0 Å². The van der Waals surface area contributed by atoms with Gasteiger partial charge in [-0.3, -0.25) is 4.79 Å². The monoisotopic (exact) mass is 467 g/mol. The number of hydrogen-bond donors (Lipinski definition) is 1. The molecule has 0 aliphatic carbocycles. The Kier molecular flexibility index (Phi) is 7.61. The average Bonchev–Trinajstić information content (AvgIpc) is 2.74. The molecule has 3 aromatic rings. The van der Waals surface area contributed by atoms with Crippen LogP contribution in [-0.2, 0) is 9.53 Å². The highest BCUT2D eigenvalue weighted by Gasteiger charge is 2.27. The zero-order valence-corrected chi connectivity index (χ0v) is 19.9. The zero-order valence-electron chi connectivity index (χ0n) is 19.9. The van der Waals surface area contributed by atoms with Gasteiger partial charge in [0.25, 0.3) is 0 Å². The lowest BCUT2D eigenvalue weighted by Crippen LogP contribution is -2.45. The smallest absolute Gasteiger partial charge is 0.408 e. The highest BCUT2D eigenvalue weighted by molar-refractivity contribution is 5.84. The summed E-state index contributed by atoms with van der Waals surface area (Å²) in [5.41, 5.74) is -0.821. The van der Waals surface area contributed by atoms with Gasteiger partial charge in [-0.1, -0.05) is 32.0 Å². The molecule has 1 atom stereocenters. The minimum Gasteiger partial charge on any atom is -0.460 e. The van der Waals surface area contributed by atoms with E-state index in [1.165, 1.54) is 24.5 Å². The maximum atomic E-state index is 12.8. The standard InChI is InChI=1S/C26H29NO7/c1-16(2)13-20(27-25(30)34-26(3,4)5)24(29)33-18-11-12-19-21(14-18)31-15-22(23(19)28)32-17-9-7-6-8-10-17/h6-12,14-16,20H,13H2,1-5H3,(H,27,30). The molecule has 1 amide bonds. The normalized spacial score (nSPS) is 12.3. The molecule has 0 saturated carbocycles. The summed E-state index contributed by atoms with van der Waals surface area (Å²) in [6.45, 7) is 9.07. The molecule has 180 valence electrons. The van der Waals surface area contributed by atoms with E-state index in [0.29, 0.717) is 12.2 Å². The van der Waals surface area contributed by atoms with Crippen molar-refractivity contribution < 1.29 is 28.2 Å². The van der Waals surface area contributed by atoms with Crippen molar-refractivity contribution in [2.45, 2.75) is 52.7 Å². The van der Waals surface area contributed by atoms with Gasteiger partial charge in [-0.2, -0.15) is 0 Å². The van der Waals surface area contributed by atoms with Gasteiger partial charge < -0.3 is 23.9 Å². The van der Waals surface area contributed by atoms with Crippen LogP contribution in [0.2, 0.25) is 0 Å². The third-order valence-corrected chi connectivity index (χ3v) is 4.59. The van der Waals surface area contributed by atoms with E-state index >= 15 is 0 Å². The van der Waals surface area contributed by atoms with E-state index in [9.17, 15) is 14.4 Å². The van der Waals surface area contributed by atoms with Crippen LogP contribution < -0.4 is 20.2 Å². The maximum absolute atomic E-state index is 12.8. The Balaban J connectivity index is 1.77. The lowest BCUT2D eigenvalue weighted by Gasteiger charge is -2.23. The number of amides is 1. The van der Waals surface area contributed by atoms with Crippen LogP contribution in [0.3, 0.4) is 0 Å². The van der Waals surface area contributed by atoms with Gasteiger partial charge in [-0.05, 0) is 57.4 Å². The summed E-state index contributed by atoms with van der Waals surface area (Å²) in [7, 11) is 0. The highest BCUT2D eigenvalue weighted by Crippen LogP contribution is 2.24. The summed E-state index contributed by atoms with van der Waals surface area (Å²) in [5, 5.41) is 2.85. The Morgan fingerprint density at radius 2 is 1.74 bits per heavy atom. The van der Waals surface area contributed by atoms with Crippen molar-refractivity contribution >= 4 is 23.0 Å². The minimum absolute atomic E-state index is 0.0435. The van der Waals surface area contributed by atoms with E-state index in [4.69, 9.17) is 18.6 Å². The second kappa shape index (κ2) is 10.4.